The molecule has 0 unspecified atom stereocenters. The maximum absolute atomic E-state index is 15.6. The number of benzene rings is 2. The van der Waals surface area contributed by atoms with Crippen molar-refractivity contribution in [3.63, 3.8) is 0 Å². The lowest BCUT2D eigenvalue weighted by atomic mass is 9.28. The van der Waals surface area contributed by atoms with Gasteiger partial charge in [-0.25, -0.2) is 8.78 Å². The lowest BCUT2D eigenvalue weighted by molar-refractivity contribution is 0.608. The molecule has 0 spiro atoms. The minimum absolute atomic E-state index is 0.128. The number of hydrogen-bond donors (Lipinski definition) is 0. The van der Waals surface area contributed by atoms with Gasteiger partial charge < -0.3 is 0 Å². The van der Waals surface area contributed by atoms with Gasteiger partial charge in [0.25, 0.3) is 0 Å². The van der Waals surface area contributed by atoms with Crippen molar-refractivity contribution >= 4 is 76.2 Å². The van der Waals surface area contributed by atoms with E-state index in [0.717, 1.165) is 19.3 Å². The first-order valence-electron chi connectivity index (χ1n) is 11.4. The molecule has 0 fully saturated rings. The Morgan fingerprint density at radius 2 is 1.35 bits per heavy atom. The van der Waals surface area contributed by atoms with E-state index in [1.807, 2.05) is 24.3 Å². The summed E-state index contributed by atoms with van der Waals surface area (Å²) >= 11 is 2.91. The van der Waals surface area contributed by atoms with Crippen LogP contribution in [-0.4, -0.2) is 57.3 Å². The van der Waals surface area contributed by atoms with Gasteiger partial charge in [0, 0.05) is 56.9 Å². The largest absolute Gasteiger partial charge is 0.259 e. The van der Waals surface area contributed by atoms with Crippen LogP contribution in [0.5, 0.6) is 0 Å². The van der Waals surface area contributed by atoms with Gasteiger partial charge in [-0.05, 0) is 39.4 Å². The predicted octanol–water partition coefficient (Wildman–Crippen LogP) is -0.502. The van der Waals surface area contributed by atoms with Crippen LogP contribution in [0.3, 0.4) is 0 Å². The first-order valence-corrected chi connectivity index (χ1v) is 13.1. The molecule has 2 aliphatic rings. The molecular weight excluding hydrogens is 499 g/mol. The summed E-state index contributed by atoms with van der Waals surface area (Å²) in [6.07, 6.45) is 0.128. The molecule has 6 rings (SSSR count). The topological polar surface area (TPSA) is 49.4 Å². The average molecular weight is 511 g/mol. The van der Waals surface area contributed by atoms with Crippen LogP contribution in [0.25, 0.3) is 20.9 Å². The Bertz CT molecular complexity index is 1790. The smallest absolute Gasteiger partial charge is 0.134 e. The van der Waals surface area contributed by atoms with E-state index in [1.165, 1.54) is 48.9 Å². The van der Waals surface area contributed by atoms with Gasteiger partial charge in [-0.2, -0.15) is 22.7 Å². The Balaban J connectivity index is 1.43. The molecule has 168 valence electrons. The molecule has 4 nitrogen and oxygen atoms in total. The molecule has 4 heterocycles. The van der Waals surface area contributed by atoms with Gasteiger partial charge in [-0.1, -0.05) is 12.1 Å². The second-order valence-electron chi connectivity index (χ2n) is 8.39. The van der Waals surface area contributed by atoms with Gasteiger partial charge in [0.15, 0.2) is 0 Å². The van der Waals surface area contributed by atoms with E-state index >= 15 is 8.78 Å². The first-order chi connectivity index (χ1) is 18.1. The van der Waals surface area contributed by atoms with E-state index in [4.69, 9.17) is 15.5 Å². The number of rotatable bonds is 8. The van der Waals surface area contributed by atoms with Crippen LogP contribution in [0.1, 0.15) is 11.1 Å². The van der Waals surface area contributed by atoms with Crippen molar-refractivity contribution < 1.29 is 8.78 Å². The van der Waals surface area contributed by atoms with Crippen LogP contribution < -0.4 is 31.0 Å². The highest BCUT2D eigenvalue weighted by Gasteiger charge is 2.21. The molecule has 8 radical (unpaired) electrons. The van der Waals surface area contributed by atoms with Gasteiger partial charge in [-0.3, -0.25) is 20.0 Å². The second kappa shape index (κ2) is 10.2. The van der Waals surface area contributed by atoms with Gasteiger partial charge in [-0.15, -0.1) is 0 Å². The van der Waals surface area contributed by atoms with Crippen molar-refractivity contribution in [3.05, 3.63) is 80.6 Å². The van der Waals surface area contributed by atoms with Crippen molar-refractivity contribution in [1.29, 1.82) is 0 Å². The Kier molecular flexibility index (Phi) is 6.80. The summed E-state index contributed by atoms with van der Waals surface area (Å²) in [4.78, 5) is 19.6. The summed E-state index contributed by atoms with van der Waals surface area (Å²) in [6.45, 7) is 0.430. The Morgan fingerprint density at radius 3 is 2.08 bits per heavy atom. The quantitative estimate of drug-likeness (QED) is 0.287. The third kappa shape index (κ3) is 4.48. The van der Waals surface area contributed by atoms with Crippen LogP contribution >= 0.6 is 22.7 Å². The first kappa shape index (κ1) is 24.6. The number of hydrogen-bond acceptors (Lipinski definition) is 6. The SMILES string of the molecule is [B][B][B]c1ccc(-c2cc(F)c(Cc3cc(F)c(-c4ccc([B][B][B])s4)c4c3=NCN=4)c3c2=NCN=3)s1. The average Bonchev–Trinajstić information content (AvgIpc) is 3.68. The fourth-order valence-electron chi connectivity index (χ4n) is 4.63. The predicted molar refractivity (Wildman–Crippen MR) is 150 cm³/mol. The summed E-state index contributed by atoms with van der Waals surface area (Å²) in [5, 5.41) is 2.23. The van der Waals surface area contributed by atoms with Crippen LogP contribution in [-0.2, 0) is 6.42 Å². The van der Waals surface area contributed by atoms with E-state index in [0.29, 0.717) is 43.7 Å². The van der Waals surface area contributed by atoms with Crippen molar-refractivity contribution in [2.24, 2.45) is 20.0 Å². The highest BCUT2D eigenvalue weighted by molar-refractivity contribution is 7.38. The Labute approximate surface area is 225 Å². The molecule has 14 heteroatoms. The monoisotopic (exact) mass is 512 g/mol. The third-order valence-electron chi connectivity index (χ3n) is 6.20. The molecule has 0 bridgehead atoms. The maximum Gasteiger partial charge on any atom is 0.134 e. The molecule has 4 aromatic rings. The zero-order chi connectivity index (χ0) is 25.5. The third-order valence-corrected chi connectivity index (χ3v) is 8.35. The zero-order valence-electron chi connectivity index (χ0n) is 19.4. The fraction of sp³-hybridized carbons (Fsp3) is 0.130. The van der Waals surface area contributed by atoms with E-state index in [1.54, 1.807) is 14.3 Å². The highest BCUT2D eigenvalue weighted by atomic mass is 32.1. The van der Waals surface area contributed by atoms with Crippen LogP contribution in [0, 0.1) is 11.6 Å². The lowest BCUT2D eigenvalue weighted by Gasteiger charge is -2.09. The van der Waals surface area contributed by atoms with E-state index in [2.05, 4.69) is 20.0 Å². The zero-order valence-corrected chi connectivity index (χ0v) is 21.0. The summed E-state index contributed by atoms with van der Waals surface area (Å²) in [5.74, 6) is -0.836. The molecule has 37 heavy (non-hydrogen) atoms. The second-order valence-corrected chi connectivity index (χ2v) is 10.6. The van der Waals surface area contributed by atoms with Crippen molar-refractivity contribution in [1.82, 2.24) is 0 Å². The number of nitrogens with zero attached hydrogens (tertiary/aromatic N) is 4. The van der Waals surface area contributed by atoms with E-state index in [9.17, 15) is 0 Å². The molecule has 2 aromatic carbocycles. The molecule has 0 amide bonds. The lowest BCUT2D eigenvalue weighted by Crippen LogP contribution is -2.33. The fourth-order valence-corrected chi connectivity index (χ4v) is 6.53. The standard InChI is InChI=1S/C23H12B6F2N4S2/c24-28-26-17-3-1-15(36-17)12-7-13(30)11(21-22(12)34-9-33-21)5-10-6-14(31)19(23-20(10)32-8-35-23)16-2-4-18(37-16)27-29-25/h1-4,6-7H,5,8-9H2. The summed E-state index contributed by atoms with van der Waals surface area (Å²) in [5.41, 5.74) is 2.04. The van der Waals surface area contributed by atoms with Crippen LogP contribution in [0.2, 0.25) is 0 Å². The molecule has 0 atom stereocenters. The van der Waals surface area contributed by atoms with E-state index in [-0.39, 0.29) is 19.8 Å². The normalized spacial score (nSPS) is 13.0. The molecular formula is C23H12B6F2N4S2. The number of halogens is 2. The van der Waals surface area contributed by atoms with Crippen LogP contribution in [0.15, 0.2) is 56.4 Å². The molecule has 2 aromatic heterocycles. The van der Waals surface area contributed by atoms with Crippen molar-refractivity contribution in [2.45, 2.75) is 6.42 Å². The molecule has 0 N–H and O–H groups in total. The van der Waals surface area contributed by atoms with E-state index < -0.39 is 11.6 Å². The van der Waals surface area contributed by atoms with Gasteiger partial charge in [0.05, 0.1) is 27.0 Å². The van der Waals surface area contributed by atoms with Gasteiger partial charge in [0.2, 0.25) is 0 Å². The molecule has 0 aliphatic carbocycles. The summed E-state index contributed by atoms with van der Waals surface area (Å²) < 4.78 is 33.0. The minimum atomic E-state index is -0.422. The molecule has 0 saturated heterocycles. The van der Waals surface area contributed by atoms with Crippen molar-refractivity contribution in [3.8, 4) is 20.9 Å². The van der Waals surface area contributed by atoms with Crippen molar-refractivity contribution in [2.75, 3.05) is 13.3 Å². The van der Waals surface area contributed by atoms with Gasteiger partial charge in [0.1, 0.15) is 39.3 Å². The Morgan fingerprint density at radius 1 is 0.730 bits per heavy atom. The highest BCUT2D eigenvalue weighted by Crippen LogP contribution is 2.25. The maximum atomic E-state index is 15.6. The summed E-state index contributed by atoms with van der Waals surface area (Å²) in [6, 6.07) is 10.5. The van der Waals surface area contributed by atoms with Crippen LogP contribution in [0.4, 0.5) is 8.78 Å². The number of thiophene rings is 2. The van der Waals surface area contributed by atoms with Gasteiger partial charge >= 0.3 is 0 Å². The molecule has 0 saturated carbocycles. The number of fused-ring (bicyclic) bond motifs is 2. The summed E-state index contributed by atoms with van der Waals surface area (Å²) in [7, 11) is 17.5. The Hall–Kier alpha value is -2.71. The minimum Gasteiger partial charge on any atom is -0.259 e. The molecule has 2 aliphatic heterocycles.